The molecule has 1 N–H and O–H groups in total. The Bertz CT molecular complexity index is 582. The highest BCUT2D eigenvalue weighted by molar-refractivity contribution is 5.92. The van der Waals surface area contributed by atoms with Crippen molar-refractivity contribution in [3.8, 4) is 11.5 Å². The van der Waals surface area contributed by atoms with Crippen LogP contribution in [-0.4, -0.2) is 11.7 Å². The molecule has 2 rings (SSSR count). The van der Waals surface area contributed by atoms with Gasteiger partial charge in [0.2, 0.25) is 0 Å². The number of phenolic OH excluding ortho intramolecular Hbond substituents is 1. The minimum Gasteiger partial charge on any atom is -0.508 e. The van der Waals surface area contributed by atoms with Crippen LogP contribution in [0.1, 0.15) is 12.5 Å². The molecule has 2 nitrogen and oxygen atoms in total. The van der Waals surface area contributed by atoms with Gasteiger partial charge < -0.3 is 9.84 Å². The van der Waals surface area contributed by atoms with Crippen molar-refractivity contribution in [2.75, 3.05) is 0 Å². The topological polar surface area (TPSA) is 29.5 Å². The number of ether oxygens (including phenoxy) is 1. The van der Waals surface area contributed by atoms with Crippen molar-refractivity contribution < 1.29 is 23.0 Å². The summed E-state index contributed by atoms with van der Waals surface area (Å²) in [5.74, 6) is -1.31. The van der Waals surface area contributed by atoms with Crippen LogP contribution in [0.15, 0.2) is 24.3 Å². The van der Waals surface area contributed by atoms with Gasteiger partial charge in [0.25, 0.3) is 0 Å². The summed E-state index contributed by atoms with van der Waals surface area (Å²) in [6.07, 6.45) is 0.466. The van der Waals surface area contributed by atoms with Crippen LogP contribution in [-0.2, 0) is 6.42 Å². The SMILES string of the molecule is CCc1cc(O)cc2ccc(F)c(OC(F)F)c12. The molecule has 0 amide bonds. The third-order valence-electron chi connectivity index (χ3n) is 2.68. The fourth-order valence-corrected chi connectivity index (χ4v) is 1.96. The number of hydrogen-bond acceptors (Lipinski definition) is 2. The van der Waals surface area contributed by atoms with Gasteiger partial charge in [-0.15, -0.1) is 0 Å². The van der Waals surface area contributed by atoms with E-state index >= 15 is 0 Å². The Hall–Kier alpha value is -1.91. The van der Waals surface area contributed by atoms with Crippen LogP contribution in [0.5, 0.6) is 11.5 Å². The van der Waals surface area contributed by atoms with Crippen LogP contribution >= 0.6 is 0 Å². The Morgan fingerprint density at radius 3 is 2.61 bits per heavy atom. The molecule has 0 heterocycles. The van der Waals surface area contributed by atoms with E-state index in [2.05, 4.69) is 4.74 Å². The monoisotopic (exact) mass is 256 g/mol. The Labute approximate surface area is 102 Å². The van der Waals surface area contributed by atoms with Gasteiger partial charge in [-0.3, -0.25) is 0 Å². The number of hydrogen-bond donors (Lipinski definition) is 1. The molecule has 0 bridgehead atoms. The minimum absolute atomic E-state index is 0.00829. The van der Waals surface area contributed by atoms with Crippen LogP contribution in [0.25, 0.3) is 10.8 Å². The second-order valence-electron chi connectivity index (χ2n) is 3.81. The molecule has 2 aromatic carbocycles. The number of benzene rings is 2. The number of phenols is 1. The van der Waals surface area contributed by atoms with Crippen molar-refractivity contribution in [2.24, 2.45) is 0 Å². The van der Waals surface area contributed by atoms with E-state index in [0.717, 1.165) is 6.07 Å². The first kappa shape index (κ1) is 12.5. The van der Waals surface area contributed by atoms with E-state index in [1.807, 2.05) is 0 Å². The molecule has 0 fully saturated rings. The van der Waals surface area contributed by atoms with Gasteiger partial charge in [-0.05, 0) is 35.6 Å². The highest BCUT2D eigenvalue weighted by Gasteiger charge is 2.16. The number of aromatic hydroxyl groups is 1. The minimum atomic E-state index is -3.09. The average molecular weight is 256 g/mol. The van der Waals surface area contributed by atoms with Gasteiger partial charge >= 0.3 is 6.61 Å². The van der Waals surface area contributed by atoms with E-state index in [-0.39, 0.29) is 11.1 Å². The Morgan fingerprint density at radius 1 is 1.28 bits per heavy atom. The molecule has 0 aliphatic rings. The Morgan fingerprint density at radius 2 is 2.00 bits per heavy atom. The van der Waals surface area contributed by atoms with Crippen molar-refractivity contribution in [1.82, 2.24) is 0 Å². The van der Waals surface area contributed by atoms with Gasteiger partial charge in [0, 0.05) is 5.39 Å². The maximum absolute atomic E-state index is 13.6. The molecule has 0 aliphatic carbocycles. The van der Waals surface area contributed by atoms with Crippen LogP contribution in [0.3, 0.4) is 0 Å². The van der Waals surface area contributed by atoms with Gasteiger partial charge in [0.05, 0.1) is 0 Å². The summed E-state index contributed by atoms with van der Waals surface area (Å²) in [5, 5.41) is 10.2. The number of halogens is 3. The second-order valence-corrected chi connectivity index (χ2v) is 3.81. The van der Waals surface area contributed by atoms with Gasteiger partial charge in [-0.1, -0.05) is 13.0 Å². The third kappa shape index (κ3) is 2.20. The summed E-state index contributed by atoms with van der Waals surface area (Å²) >= 11 is 0. The molecule has 0 spiro atoms. The lowest BCUT2D eigenvalue weighted by atomic mass is 10.0. The summed E-state index contributed by atoms with van der Waals surface area (Å²) in [6, 6.07) is 5.26. The fraction of sp³-hybridized carbons (Fsp3) is 0.231. The lowest BCUT2D eigenvalue weighted by Crippen LogP contribution is -2.05. The largest absolute Gasteiger partial charge is 0.508 e. The van der Waals surface area contributed by atoms with E-state index in [1.165, 1.54) is 18.2 Å². The molecule has 0 unspecified atom stereocenters. The first-order valence-electron chi connectivity index (χ1n) is 5.41. The van der Waals surface area contributed by atoms with Crippen molar-refractivity contribution in [1.29, 1.82) is 0 Å². The zero-order valence-corrected chi connectivity index (χ0v) is 9.58. The van der Waals surface area contributed by atoms with E-state index in [0.29, 0.717) is 17.4 Å². The molecular formula is C13H11F3O2. The average Bonchev–Trinajstić information content (AvgIpc) is 2.31. The van der Waals surface area contributed by atoms with Crippen molar-refractivity contribution in [2.45, 2.75) is 20.0 Å². The van der Waals surface area contributed by atoms with Gasteiger partial charge in [0.15, 0.2) is 11.6 Å². The highest BCUT2D eigenvalue weighted by Crippen LogP contribution is 2.35. The Balaban J connectivity index is 2.77. The molecule has 5 heteroatoms. The summed E-state index contributed by atoms with van der Waals surface area (Å²) in [5.41, 5.74) is 0.556. The van der Waals surface area contributed by atoms with Crippen molar-refractivity contribution >= 4 is 10.8 Å². The summed E-state index contributed by atoms with van der Waals surface area (Å²) in [4.78, 5) is 0. The maximum Gasteiger partial charge on any atom is 0.387 e. The van der Waals surface area contributed by atoms with Crippen LogP contribution in [0.4, 0.5) is 13.2 Å². The number of rotatable bonds is 3. The number of aryl methyl sites for hydroxylation is 1. The molecule has 0 saturated carbocycles. The Kier molecular flexibility index (Phi) is 3.32. The normalized spacial score (nSPS) is 11.2. The van der Waals surface area contributed by atoms with E-state index in [9.17, 15) is 18.3 Å². The number of fused-ring (bicyclic) bond motifs is 1. The molecule has 2 aromatic rings. The molecule has 96 valence electrons. The first-order valence-corrected chi connectivity index (χ1v) is 5.41. The lowest BCUT2D eigenvalue weighted by Gasteiger charge is -2.13. The third-order valence-corrected chi connectivity index (χ3v) is 2.68. The zero-order valence-electron chi connectivity index (χ0n) is 9.58. The standard InChI is InChI=1S/C13H11F3O2/c1-2-7-5-9(17)6-8-3-4-10(14)12(11(7)8)18-13(15)16/h3-6,13,17H,2H2,1H3. The summed E-state index contributed by atoms with van der Waals surface area (Å²) in [7, 11) is 0. The van der Waals surface area contributed by atoms with Crippen molar-refractivity contribution in [3.05, 3.63) is 35.6 Å². The first-order chi connectivity index (χ1) is 8.52. The predicted octanol–water partition coefficient (Wildman–Crippen LogP) is 3.85. The maximum atomic E-state index is 13.6. The summed E-state index contributed by atoms with van der Waals surface area (Å²) in [6.45, 7) is -1.31. The van der Waals surface area contributed by atoms with Crippen LogP contribution in [0.2, 0.25) is 0 Å². The van der Waals surface area contributed by atoms with E-state index in [1.54, 1.807) is 6.92 Å². The fourth-order valence-electron chi connectivity index (χ4n) is 1.96. The van der Waals surface area contributed by atoms with Gasteiger partial charge in [0.1, 0.15) is 5.75 Å². The van der Waals surface area contributed by atoms with E-state index in [4.69, 9.17) is 0 Å². The molecule has 0 aromatic heterocycles. The lowest BCUT2D eigenvalue weighted by molar-refractivity contribution is -0.0510. The predicted molar refractivity (Wildman–Crippen MR) is 61.6 cm³/mol. The smallest absolute Gasteiger partial charge is 0.387 e. The second kappa shape index (κ2) is 4.76. The van der Waals surface area contributed by atoms with Crippen LogP contribution < -0.4 is 4.74 Å². The van der Waals surface area contributed by atoms with Gasteiger partial charge in [-0.2, -0.15) is 8.78 Å². The molecule has 0 atom stereocenters. The van der Waals surface area contributed by atoms with Crippen molar-refractivity contribution in [3.63, 3.8) is 0 Å². The quantitative estimate of drug-likeness (QED) is 0.903. The molecular weight excluding hydrogens is 245 g/mol. The van der Waals surface area contributed by atoms with E-state index < -0.39 is 18.2 Å². The highest BCUT2D eigenvalue weighted by atomic mass is 19.3. The number of alkyl halides is 2. The van der Waals surface area contributed by atoms with Crippen LogP contribution in [0, 0.1) is 5.82 Å². The molecule has 18 heavy (non-hydrogen) atoms. The molecule has 0 radical (unpaired) electrons. The van der Waals surface area contributed by atoms with Gasteiger partial charge in [-0.25, -0.2) is 4.39 Å². The zero-order chi connectivity index (χ0) is 13.3. The molecule has 0 saturated heterocycles. The molecule has 0 aliphatic heterocycles. The summed E-state index contributed by atoms with van der Waals surface area (Å²) < 4.78 is 42.4.